The van der Waals surface area contributed by atoms with E-state index >= 15 is 0 Å². The highest BCUT2D eigenvalue weighted by Gasteiger charge is 2.09. The van der Waals surface area contributed by atoms with Gasteiger partial charge in [-0.2, -0.15) is 0 Å². The number of ether oxygens (including phenoxy) is 1. The fourth-order valence-electron chi connectivity index (χ4n) is 1.25. The Hall–Kier alpha value is -1.62. The van der Waals surface area contributed by atoms with Crippen LogP contribution in [-0.2, 0) is 9.53 Å². The van der Waals surface area contributed by atoms with Crippen LogP contribution in [0.5, 0.6) is 0 Å². The zero-order valence-corrected chi connectivity index (χ0v) is 9.13. The van der Waals surface area contributed by atoms with Gasteiger partial charge in [-0.15, -0.1) is 0 Å². The first-order valence-electron chi connectivity index (χ1n) is 4.98. The van der Waals surface area contributed by atoms with Gasteiger partial charge in [-0.25, -0.2) is 4.39 Å². The van der Waals surface area contributed by atoms with Crippen molar-refractivity contribution in [2.24, 2.45) is 0 Å². The van der Waals surface area contributed by atoms with Crippen molar-refractivity contribution in [3.05, 3.63) is 24.0 Å². The van der Waals surface area contributed by atoms with Gasteiger partial charge in [0.2, 0.25) is 5.91 Å². The summed E-state index contributed by atoms with van der Waals surface area (Å²) < 4.78 is 18.1. The minimum absolute atomic E-state index is 0.0462. The first kappa shape index (κ1) is 12.4. The molecule has 4 nitrogen and oxygen atoms in total. The second kappa shape index (κ2) is 6.07. The second-order valence-corrected chi connectivity index (χ2v) is 3.35. The molecule has 0 aromatic heterocycles. The predicted molar refractivity (Wildman–Crippen MR) is 60.6 cm³/mol. The van der Waals surface area contributed by atoms with Crippen molar-refractivity contribution < 1.29 is 13.9 Å². The number of carbonyl (C=O) groups excluding carboxylic acids is 1. The molecule has 0 fully saturated rings. The molecule has 1 rings (SSSR count). The second-order valence-electron chi connectivity index (χ2n) is 3.35. The van der Waals surface area contributed by atoms with E-state index in [1.54, 1.807) is 7.11 Å². The average molecular weight is 226 g/mol. The highest BCUT2D eigenvalue weighted by atomic mass is 19.1. The maximum absolute atomic E-state index is 13.3. The Balaban J connectivity index is 2.56. The molecule has 1 amide bonds. The van der Waals surface area contributed by atoms with Crippen LogP contribution in [0.15, 0.2) is 18.2 Å². The van der Waals surface area contributed by atoms with E-state index in [-0.39, 0.29) is 23.7 Å². The Morgan fingerprint density at radius 3 is 2.94 bits per heavy atom. The van der Waals surface area contributed by atoms with Crippen LogP contribution in [0.25, 0.3) is 0 Å². The molecule has 5 heteroatoms. The van der Waals surface area contributed by atoms with Gasteiger partial charge in [-0.1, -0.05) is 6.07 Å². The highest BCUT2D eigenvalue weighted by Crippen LogP contribution is 2.21. The molecule has 0 heterocycles. The first-order valence-corrected chi connectivity index (χ1v) is 4.98. The lowest BCUT2D eigenvalue weighted by molar-refractivity contribution is -0.116. The van der Waals surface area contributed by atoms with E-state index in [0.29, 0.717) is 13.0 Å². The van der Waals surface area contributed by atoms with Crippen LogP contribution in [-0.4, -0.2) is 19.6 Å². The van der Waals surface area contributed by atoms with Crippen molar-refractivity contribution in [3.8, 4) is 0 Å². The van der Waals surface area contributed by atoms with Crippen LogP contribution in [0.2, 0.25) is 0 Å². The van der Waals surface area contributed by atoms with Crippen molar-refractivity contribution in [1.29, 1.82) is 0 Å². The molecule has 88 valence electrons. The Morgan fingerprint density at radius 1 is 1.56 bits per heavy atom. The van der Waals surface area contributed by atoms with Gasteiger partial charge in [0.1, 0.15) is 11.5 Å². The number of carbonyl (C=O) groups is 1. The van der Waals surface area contributed by atoms with E-state index in [1.807, 2.05) is 0 Å². The normalized spacial score (nSPS) is 10.1. The van der Waals surface area contributed by atoms with E-state index in [1.165, 1.54) is 18.2 Å². The van der Waals surface area contributed by atoms with Crippen LogP contribution in [0.3, 0.4) is 0 Å². The standard InChI is InChI=1S/C11H15FN2O2/c1-16-7-3-6-10(15)14-11-8(12)4-2-5-9(11)13/h2,4-5H,3,6-7,13H2,1H3,(H,14,15). The van der Waals surface area contributed by atoms with E-state index in [2.05, 4.69) is 5.32 Å². The summed E-state index contributed by atoms with van der Waals surface area (Å²) in [5, 5.41) is 2.44. The minimum atomic E-state index is -0.528. The number of halogens is 1. The molecule has 0 unspecified atom stereocenters. The summed E-state index contributed by atoms with van der Waals surface area (Å²) in [6.45, 7) is 0.500. The van der Waals surface area contributed by atoms with Crippen molar-refractivity contribution in [2.75, 3.05) is 24.8 Å². The van der Waals surface area contributed by atoms with Crippen molar-refractivity contribution in [2.45, 2.75) is 12.8 Å². The number of amides is 1. The maximum atomic E-state index is 13.3. The quantitative estimate of drug-likeness (QED) is 0.594. The van der Waals surface area contributed by atoms with E-state index in [4.69, 9.17) is 10.5 Å². The summed E-state index contributed by atoms with van der Waals surface area (Å²) in [7, 11) is 1.56. The molecule has 1 aromatic carbocycles. The molecule has 0 radical (unpaired) electrons. The van der Waals surface area contributed by atoms with E-state index < -0.39 is 5.82 Å². The maximum Gasteiger partial charge on any atom is 0.224 e. The molecule has 1 aromatic rings. The fraction of sp³-hybridized carbons (Fsp3) is 0.364. The number of nitrogen functional groups attached to an aromatic ring is 1. The molecule has 0 aliphatic rings. The van der Waals surface area contributed by atoms with Crippen LogP contribution >= 0.6 is 0 Å². The molecular formula is C11H15FN2O2. The summed E-state index contributed by atoms with van der Waals surface area (Å²) >= 11 is 0. The number of nitrogens with one attached hydrogen (secondary N) is 1. The molecule has 0 saturated heterocycles. The van der Waals surface area contributed by atoms with Crippen LogP contribution in [0, 0.1) is 5.82 Å². The number of hydrogen-bond donors (Lipinski definition) is 2. The van der Waals surface area contributed by atoms with Gasteiger partial charge in [0.25, 0.3) is 0 Å². The van der Waals surface area contributed by atoms with Crippen LogP contribution in [0.4, 0.5) is 15.8 Å². The SMILES string of the molecule is COCCCC(=O)Nc1c(N)cccc1F. The van der Waals surface area contributed by atoms with Crippen LogP contribution < -0.4 is 11.1 Å². The van der Waals surface area contributed by atoms with Gasteiger partial charge >= 0.3 is 0 Å². The number of nitrogens with two attached hydrogens (primary N) is 1. The Morgan fingerprint density at radius 2 is 2.31 bits per heavy atom. The Kier molecular flexibility index (Phi) is 4.72. The third kappa shape index (κ3) is 3.51. The molecule has 0 atom stereocenters. The molecular weight excluding hydrogens is 211 g/mol. The third-order valence-electron chi connectivity index (χ3n) is 2.06. The van der Waals surface area contributed by atoms with Gasteiger partial charge in [-0.3, -0.25) is 4.79 Å². The molecule has 0 bridgehead atoms. The van der Waals surface area contributed by atoms with Gasteiger partial charge in [-0.05, 0) is 18.6 Å². The van der Waals surface area contributed by atoms with Crippen molar-refractivity contribution in [1.82, 2.24) is 0 Å². The van der Waals surface area contributed by atoms with Crippen molar-refractivity contribution in [3.63, 3.8) is 0 Å². The van der Waals surface area contributed by atoms with Gasteiger partial charge in [0.05, 0.1) is 5.69 Å². The number of para-hydroxylation sites is 1. The molecule has 3 N–H and O–H groups in total. The topological polar surface area (TPSA) is 64.3 Å². The van der Waals surface area contributed by atoms with Gasteiger partial charge < -0.3 is 15.8 Å². The number of anilines is 2. The molecule has 0 aliphatic carbocycles. The highest BCUT2D eigenvalue weighted by molar-refractivity contribution is 5.93. The zero-order valence-electron chi connectivity index (χ0n) is 9.13. The summed E-state index contributed by atoms with van der Waals surface area (Å²) in [6, 6.07) is 4.28. The monoisotopic (exact) mass is 226 g/mol. The van der Waals surface area contributed by atoms with Gasteiger partial charge in [0, 0.05) is 20.1 Å². The molecule has 0 aliphatic heterocycles. The average Bonchev–Trinajstić information content (AvgIpc) is 2.24. The zero-order chi connectivity index (χ0) is 12.0. The smallest absolute Gasteiger partial charge is 0.224 e. The summed E-state index contributed by atoms with van der Waals surface area (Å²) in [5.41, 5.74) is 5.81. The lowest BCUT2D eigenvalue weighted by Crippen LogP contribution is -2.14. The Labute approximate surface area is 93.6 Å². The first-order chi connectivity index (χ1) is 7.65. The number of rotatable bonds is 5. The number of benzene rings is 1. The van der Waals surface area contributed by atoms with E-state index in [9.17, 15) is 9.18 Å². The van der Waals surface area contributed by atoms with Crippen molar-refractivity contribution >= 4 is 17.3 Å². The van der Waals surface area contributed by atoms with Crippen LogP contribution in [0.1, 0.15) is 12.8 Å². The minimum Gasteiger partial charge on any atom is -0.397 e. The summed E-state index contributed by atoms with van der Waals surface area (Å²) in [5.74, 6) is -0.797. The lowest BCUT2D eigenvalue weighted by atomic mass is 10.2. The third-order valence-corrected chi connectivity index (χ3v) is 2.06. The number of methoxy groups -OCH3 is 1. The fourth-order valence-corrected chi connectivity index (χ4v) is 1.25. The molecule has 0 saturated carbocycles. The van der Waals surface area contributed by atoms with Gasteiger partial charge in [0.15, 0.2) is 0 Å². The Bertz CT molecular complexity index is 349. The molecule has 16 heavy (non-hydrogen) atoms. The summed E-state index contributed by atoms with van der Waals surface area (Å²) in [6.07, 6.45) is 0.873. The predicted octanol–water partition coefficient (Wildman–Crippen LogP) is 1.77. The molecule has 0 spiro atoms. The van der Waals surface area contributed by atoms with E-state index in [0.717, 1.165) is 0 Å². The lowest BCUT2D eigenvalue weighted by Gasteiger charge is -2.08. The number of hydrogen-bond acceptors (Lipinski definition) is 3. The largest absolute Gasteiger partial charge is 0.397 e. The summed E-state index contributed by atoms with van der Waals surface area (Å²) in [4.78, 5) is 11.4.